The fraction of sp³-hybridized carbons (Fsp3) is 0.0909. The first-order valence-corrected chi connectivity index (χ1v) is 13.2. The second kappa shape index (κ2) is 12.8. The third-order valence-electron chi connectivity index (χ3n) is 5.96. The zero-order valence-corrected chi connectivity index (χ0v) is 24.6. The molecule has 0 unspecified atom stereocenters. The van der Waals surface area contributed by atoms with Crippen LogP contribution in [0.15, 0.2) is 121 Å². The van der Waals surface area contributed by atoms with E-state index < -0.39 is 0 Å². The van der Waals surface area contributed by atoms with Gasteiger partial charge in [0.2, 0.25) is 0 Å². The zero-order chi connectivity index (χ0) is 23.9. The van der Waals surface area contributed by atoms with Gasteiger partial charge in [0, 0.05) is 10.2 Å². The van der Waals surface area contributed by atoms with Crippen molar-refractivity contribution in [1.29, 1.82) is 0 Å². The van der Waals surface area contributed by atoms with Crippen LogP contribution in [0.1, 0.15) is 11.1 Å². The van der Waals surface area contributed by atoms with E-state index in [2.05, 4.69) is 135 Å². The number of aryl methyl sites for hydroxylation is 2. The maximum Gasteiger partial charge on any atom is 2.00 e. The molecule has 2 heteroatoms. The SMILES string of the molecule is C[SiH2].Cc1cc2c(-c3ccccc3)cccc2[cH-]1.Cc1cc2c(-c3ccccc3)cccc2[cH-]1.[Zr+2]. The summed E-state index contributed by atoms with van der Waals surface area (Å²) in [5.41, 5.74) is 7.89. The van der Waals surface area contributed by atoms with Gasteiger partial charge in [-0.1, -0.05) is 104 Å². The fourth-order valence-electron chi connectivity index (χ4n) is 4.51. The van der Waals surface area contributed by atoms with E-state index in [1.807, 2.05) is 16.8 Å². The Hall–Kier alpha value is -2.80. The predicted molar refractivity (Wildman–Crippen MR) is 154 cm³/mol. The van der Waals surface area contributed by atoms with Crippen LogP contribution in [0.3, 0.4) is 0 Å². The van der Waals surface area contributed by atoms with E-state index in [4.69, 9.17) is 0 Å². The van der Waals surface area contributed by atoms with Gasteiger partial charge in [0.05, 0.1) is 0 Å². The molecule has 0 heterocycles. The summed E-state index contributed by atoms with van der Waals surface area (Å²) < 4.78 is 0. The van der Waals surface area contributed by atoms with E-state index in [9.17, 15) is 0 Å². The smallest absolute Gasteiger partial charge is 0.165 e. The molecule has 0 atom stereocenters. The summed E-state index contributed by atoms with van der Waals surface area (Å²) in [6.07, 6.45) is 0. The monoisotopic (exact) mass is 545 g/mol. The maximum absolute atomic E-state index is 2.26. The Morgan fingerprint density at radius 2 is 0.857 bits per heavy atom. The van der Waals surface area contributed by atoms with E-state index in [0.717, 1.165) is 0 Å². The molecule has 1 radical (unpaired) electrons. The molecule has 0 spiro atoms. The van der Waals surface area contributed by atoms with Crippen molar-refractivity contribution >= 4 is 31.8 Å². The number of hydrogen-bond acceptors (Lipinski definition) is 0. The molecule has 0 nitrogen and oxygen atoms in total. The van der Waals surface area contributed by atoms with Gasteiger partial charge < -0.3 is 0 Å². The van der Waals surface area contributed by atoms with E-state index in [1.54, 1.807) is 0 Å². The molecule has 0 N–H and O–H groups in total. The Morgan fingerprint density at radius 1 is 0.486 bits per heavy atom. The second-order valence-electron chi connectivity index (χ2n) is 8.41. The topological polar surface area (TPSA) is 0 Å². The molecule has 0 aliphatic rings. The summed E-state index contributed by atoms with van der Waals surface area (Å²) in [4.78, 5) is 0. The Labute approximate surface area is 231 Å². The van der Waals surface area contributed by atoms with Crippen molar-refractivity contribution in [2.24, 2.45) is 0 Å². The molecule has 0 amide bonds. The first-order valence-electron chi connectivity index (χ1n) is 11.8. The van der Waals surface area contributed by atoms with Crippen LogP contribution in [0.5, 0.6) is 0 Å². The molecule has 6 aromatic carbocycles. The number of benzene rings is 4. The van der Waals surface area contributed by atoms with Crippen molar-refractivity contribution in [2.75, 3.05) is 0 Å². The first-order chi connectivity index (χ1) is 16.7. The van der Waals surface area contributed by atoms with Crippen LogP contribution in [-0.2, 0) is 26.2 Å². The Morgan fingerprint density at radius 3 is 1.23 bits per heavy atom. The predicted octanol–water partition coefficient (Wildman–Crippen LogP) is 8.73. The van der Waals surface area contributed by atoms with Crippen molar-refractivity contribution in [2.45, 2.75) is 20.4 Å². The van der Waals surface area contributed by atoms with E-state index >= 15 is 0 Å². The number of hydrogen-bond donors (Lipinski definition) is 0. The Kier molecular flexibility index (Phi) is 9.78. The van der Waals surface area contributed by atoms with Crippen molar-refractivity contribution in [3.8, 4) is 22.3 Å². The van der Waals surface area contributed by atoms with E-state index in [1.165, 1.54) is 54.9 Å². The summed E-state index contributed by atoms with van der Waals surface area (Å²) in [6.45, 7) is 6.32. The van der Waals surface area contributed by atoms with Gasteiger partial charge in [-0.2, -0.15) is 12.1 Å². The summed E-state index contributed by atoms with van der Waals surface area (Å²) in [7, 11) is 1.86. The quantitative estimate of drug-likeness (QED) is 0.150. The van der Waals surface area contributed by atoms with Crippen LogP contribution in [0.4, 0.5) is 0 Å². The van der Waals surface area contributed by atoms with Crippen LogP contribution in [0.25, 0.3) is 43.8 Å². The minimum Gasteiger partial charge on any atom is -0.165 e. The van der Waals surface area contributed by atoms with Gasteiger partial charge in [0.1, 0.15) is 0 Å². The average molecular weight is 547 g/mol. The van der Waals surface area contributed by atoms with Crippen LogP contribution in [0, 0.1) is 13.8 Å². The largest absolute Gasteiger partial charge is 2.00 e. The van der Waals surface area contributed by atoms with E-state index in [-0.39, 0.29) is 26.2 Å². The molecule has 0 aromatic heterocycles. The van der Waals surface area contributed by atoms with Crippen LogP contribution >= 0.6 is 0 Å². The van der Waals surface area contributed by atoms with Gasteiger partial charge in [-0.25, -0.2) is 0 Å². The van der Waals surface area contributed by atoms with E-state index in [0.29, 0.717) is 0 Å². The molecule has 35 heavy (non-hydrogen) atoms. The van der Waals surface area contributed by atoms with Crippen LogP contribution < -0.4 is 0 Å². The van der Waals surface area contributed by atoms with Crippen LogP contribution in [-0.4, -0.2) is 10.2 Å². The number of rotatable bonds is 2. The molecule has 0 fully saturated rings. The maximum atomic E-state index is 2.26. The molecule has 0 aliphatic heterocycles. The van der Waals surface area contributed by atoms with Crippen molar-refractivity contribution < 1.29 is 26.2 Å². The minimum absolute atomic E-state index is 0. The van der Waals surface area contributed by atoms with Gasteiger partial charge in [-0.3, -0.25) is 0 Å². The summed E-state index contributed by atoms with van der Waals surface area (Å²) in [5, 5.41) is 5.37. The normalized spacial score (nSPS) is 10.1. The molecule has 0 aliphatic carbocycles. The van der Waals surface area contributed by atoms with Gasteiger partial charge >= 0.3 is 26.2 Å². The van der Waals surface area contributed by atoms with Gasteiger partial charge in [0.15, 0.2) is 0 Å². The Balaban J connectivity index is 0.000000178. The average Bonchev–Trinajstić information content (AvgIpc) is 3.47. The molecule has 0 saturated carbocycles. The zero-order valence-electron chi connectivity index (χ0n) is 20.8. The van der Waals surface area contributed by atoms with Crippen molar-refractivity contribution in [1.82, 2.24) is 0 Å². The molecule has 6 rings (SSSR count). The molecule has 0 bridgehead atoms. The molecule has 0 saturated heterocycles. The standard InChI is InChI=1S/2C16H13.CH5Si.Zr/c2*1-12-10-14-8-5-9-15(16(14)11-12)13-6-3-2-4-7-13;1-2;/h2*2-11H,1H3;2H2,1H3;/q2*-1;;+2. The first kappa shape index (κ1) is 26.8. The van der Waals surface area contributed by atoms with Crippen molar-refractivity contribution in [3.05, 3.63) is 132 Å². The molecular weight excluding hydrogens is 516 g/mol. The second-order valence-corrected chi connectivity index (χ2v) is 8.41. The summed E-state index contributed by atoms with van der Waals surface area (Å²) >= 11 is 0. The van der Waals surface area contributed by atoms with Gasteiger partial charge in [-0.05, 0) is 11.1 Å². The Bertz CT molecular complexity index is 1360. The fourth-order valence-corrected chi connectivity index (χ4v) is 4.51. The van der Waals surface area contributed by atoms with Crippen LogP contribution in [0.2, 0.25) is 6.55 Å². The third kappa shape index (κ3) is 6.26. The van der Waals surface area contributed by atoms with Gasteiger partial charge in [-0.15, -0.1) is 69.1 Å². The summed E-state index contributed by atoms with van der Waals surface area (Å²) in [5.74, 6) is 0. The van der Waals surface area contributed by atoms with Gasteiger partial charge in [0.25, 0.3) is 0 Å². The third-order valence-corrected chi connectivity index (χ3v) is 5.96. The molecule has 6 aromatic rings. The molecular formula is C33H31SiZr. The number of fused-ring (bicyclic) bond motifs is 2. The summed E-state index contributed by atoms with van der Waals surface area (Å²) in [6, 6.07) is 43.1. The van der Waals surface area contributed by atoms with Crippen molar-refractivity contribution in [3.63, 3.8) is 0 Å². The minimum atomic E-state index is 0. The molecule has 171 valence electrons.